The van der Waals surface area contributed by atoms with Crippen LogP contribution in [0.3, 0.4) is 0 Å². The fourth-order valence-electron chi connectivity index (χ4n) is 2.41. The summed E-state index contributed by atoms with van der Waals surface area (Å²) in [7, 11) is 0. The van der Waals surface area contributed by atoms with Gasteiger partial charge in [-0.25, -0.2) is 4.98 Å². The molecule has 1 aromatic heterocycles. The van der Waals surface area contributed by atoms with Gasteiger partial charge in [-0.15, -0.1) is 0 Å². The monoisotopic (exact) mass is 315 g/mol. The van der Waals surface area contributed by atoms with E-state index in [2.05, 4.69) is 10.3 Å². The zero-order chi connectivity index (χ0) is 15.7. The summed E-state index contributed by atoms with van der Waals surface area (Å²) in [6.07, 6.45) is 0. The van der Waals surface area contributed by atoms with Crippen molar-refractivity contribution < 1.29 is 9.59 Å². The predicted molar refractivity (Wildman–Crippen MR) is 84.1 cm³/mol. The van der Waals surface area contributed by atoms with Crippen molar-refractivity contribution >= 4 is 29.2 Å². The SMILES string of the molecule is CCNc1ccc(Cl)c(CN2C(=O)c3ccccc3C2=O)n1. The number of hydrogen-bond donors (Lipinski definition) is 1. The highest BCUT2D eigenvalue weighted by atomic mass is 35.5. The molecule has 0 saturated heterocycles. The second kappa shape index (κ2) is 5.77. The molecule has 2 heterocycles. The van der Waals surface area contributed by atoms with Gasteiger partial charge >= 0.3 is 0 Å². The summed E-state index contributed by atoms with van der Waals surface area (Å²) >= 11 is 6.14. The van der Waals surface area contributed by atoms with Gasteiger partial charge in [0, 0.05) is 6.54 Å². The largest absolute Gasteiger partial charge is 0.370 e. The highest BCUT2D eigenvalue weighted by molar-refractivity contribution is 6.31. The van der Waals surface area contributed by atoms with Crippen molar-refractivity contribution in [2.45, 2.75) is 13.5 Å². The number of amides is 2. The maximum Gasteiger partial charge on any atom is 0.261 e. The topological polar surface area (TPSA) is 62.3 Å². The van der Waals surface area contributed by atoms with Crippen molar-refractivity contribution in [2.75, 3.05) is 11.9 Å². The van der Waals surface area contributed by atoms with E-state index in [0.29, 0.717) is 27.7 Å². The summed E-state index contributed by atoms with van der Waals surface area (Å²) in [6.45, 7) is 2.74. The van der Waals surface area contributed by atoms with Crippen molar-refractivity contribution in [3.05, 3.63) is 58.2 Å². The van der Waals surface area contributed by atoms with Gasteiger partial charge in [-0.1, -0.05) is 23.7 Å². The van der Waals surface area contributed by atoms with Gasteiger partial charge in [0.25, 0.3) is 11.8 Å². The van der Waals surface area contributed by atoms with Crippen LogP contribution >= 0.6 is 11.6 Å². The van der Waals surface area contributed by atoms with Gasteiger partial charge < -0.3 is 5.32 Å². The van der Waals surface area contributed by atoms with Crippen LogP contribution < -0.4 is 5.32 Å². The van der Waals surface area contributed by atoms with E-state index in [1.165, 1.54) is 4.90 Å². The van der Waals surface area contributed by atoms with Crippen molar-refractivity contribution in [1.29, 1.82) is 0 Å². The Hall–Kier alpha value is -2.40. The third-order valence-corrected chi connectivity index (χ3v) is 3.81. The fourth-order valence-corrected chi connectivity index (χ4v) is 2.57. The van der Waals surface area contributed by atoms with Crippen LogP contribution in [0.5, 0.6) is 0 Å². The Morgan fingerprint density at radius 3 is 2.32 bits per heavy atom. The number of fused-ring (bicyclic) bond motifs is 1. The number of rotatable bonds is 4. The first-order chi connectivity index (χ1) is 10.6. The van der Waals surface area contributed by atoms with Gasteiger partial charge in [-0.2, -0.15) is 0 Å². The Labute approximate surface area is 132 Å². The lowest BCUT2D eigenvalue weighted by Gasteiger charge is -2.15. The number of benzene rings is 1. The summed E-state index contributed by atoms with van der Waals surface area (Å²) in [5.41, 5.74) is 1.34. The van der Waals surface area contributed by atoms with Gasteiger partial charge in [0.05, 0.1) is 28.4 Å². The number of nitrogens with one attached hydrogen (secondary N) is 1. The molecule has 0 spiro atoms. The molecule has 0 bridgehead atoms. The first-order valence-corrected chi connectivity index (χ1v) is 7.34. The molecular formula is C16H14ClN3O2. The van der Waals surface area contributed by atoms with E-state index in [0.717, 1.165) is 6.54 Å². The Morgan fingerprint density at radius 2 is 1.73 bits per heavy atom. The standard InChI is InChI=1S/C16H14ClN3O2/c1-2-18-14-8-7-12(17)13(19-14)9-20-15(21)10-5-3-4-6-11(10)16(20)22/h3-8H,2,9H2,1H3,(H,18,19). The average Bonchev–Trinajstić information content (AvgIpc) is 2.76. The molecule has 0 saturated carbocycles. The Bertz CT molecular complexity index is 726. The van der Waals surface area contributed by atoms with E-state index in [1.54, 1.807) is 36.4 Å². The Morgan fingerprint density at radius 1 is 1.09 bits per heavy atom. The average molecular weight is 316 g/mol. The summed E-state index contributed by atoms with van der Waals surface area (Å²) in [6, 6.07) is 10.3. The molecule has 1 N–H and O–H groups in total. The summed E-state index contributed by atoms with van der Waals surface area (Å²) in [4.78, 5) is 30.2. The molecule has 112 valence electrons. The molecule has 0 unspecified atom stereocenters. The summed E-state index contributed by atoms with van der Waals surface area (Å²) < 4.78 is 0. The minimum atomic E-state index is -0.313. The predicted octanol–water partition coefficient (Wildman–Crippen LogP) is 2.96. The molecule has 22 heavy (non-hydrogen) atoms. The summed E-state index contributed by atoms with van der Waals surface area (Å²) in [5, 5.41) is 3.51. The highest BCUT2D eigenvalue weighted by Gasteiger charge is 2.35. The highest BCUT2D eigenvalue weighted by Crippen LogP contribution is 2.26. The van der Waals surface area contributed by atoms with E-state index < -0.39 is 0 Å². The lowest BCUT2D eigenvalue weighted by molar-refractivity contribution is 0.0640. The molecule has 2 aromatic rings. The van der Waals surface area contributed by atoms with E-state index in [-0.39, 0.29) is 18.4 Å². The minimum absolute atomic E-state index is 0.0599. The molecule has 0 aliphatic carbocycles. The molecule has 0 atom stereocenters. The molecular weight excluding hydrogens is 302 g/mol. The normalized spacial score (nSPS) is 13.5. The second-order valence-corrected chi connectivity index (χ2v) is 5.30. The van der Waals surface area contributed by atoms with Gasteiger partial charge in [0.2, 0.25) is 0 Å². The number of hydrogen-bond acceptors (Lipinski definition) is 4. The number of anilines is 1. The molecule has 6 heteroatoms. The summed E-state index contributed by atoms with van der Waals surface area (Å²) in [5.74, 6) is 0.0400. The zero-order valence-corrected chi connectivity index (χ0v) is 12.7. The second-order valence-electron chi connectivity index (χ2n) is 4.90. The number of pyridine rings is 1. The van der Waals surface area contributed by atoms with E-state index in [1.807, 2.05) is 6.92 Å². The molecule has 2 amide bonds. The van der Waals surface area contributed by atoms with Crippen molar-refractivity contribution in [1.82, 2.24) is 9.88 Å². The van der Waals surface area contributed by atoms with Crippen LogP contribution in [-0.4, -0.2) is 28.2 Å². The first-order valence-electron chi connectivity index (χ1n) is 6.96. The van der Waals surface area contributed by atoms with Gasteiger partial charge in [0.1, 0.15) is 5.82 Å². The van der Waals surface area contributed by atoms with Crippen LogP contribution in [0.4, 0.5) is 5.82 Å². The molecule has 1 aliphatic rings. The quantitative estimate of drug-likeness (QED) is 0.881. The molecule has 5 nitrogen and oxygen atoms in total. The van der Waals surface area contributed by atoms with Crippen molar-refractivity contribution in [3.63, 3.8) is 0 Å². The number of imide groups is 1. The molecule has 0 radical (unpaired) electrons. The molecule has 1 aromatic carbocycles. The third kappa shape index (κ3) is 2.44. The van der Waals surface area contributed by atoms with Crippen molar-refractivity contribution in [2.24, 2.45) is 0 Å². The van der Waals surface area contributed by atoms with Gasteiger partial charge in [0.15, 0.2) is 0 Å². The van der Waals surface area contributed by atoms with E-state index >= 15 is 0 Å². The van der Waals surface area contributed by atoms with Crippen LogP contribution in [0.25, 0.3) is 0 Å². The number of carbonyl (C=O) groups excluding carboxylic acids is 2. The van der Waals surface area contributed by atoms with Crippen molar-refractivity contribution in [3.8, 4) is 0 Å². The van der Waals surface area contributed by atoms with Crippen LogP contribution in [0.2, 0.25) is 5.02 Å². The number of carbonyl (C=O) groups is 2. The molecule has 1 aliphatic heterocycles. The first kappa shape index (κ1) is 14.5. The number of nitrogens with zero attached hydrogens (tertiary/aromatic N) is 2. The van der Waals surface area contributed by atoms with Crippen LogP contribution in [0, 0.1) is 0 Å². The Kier molecular flexibility index (Phi) is 3.81. The molecule has 0 fully saturated rings. The lowest BCUT2D eigenvalue weighted by atomic mass is 10.1. The maximum atomic E-state index is 12.4. The van der Waals surface area contributed by atoms with E-state index in [9.17, 15) is 9.59 Å². The van der Waals surface area contributed by atoms with E-state index in [4.69, 9.17) is 11.6 Å². The zero-order valence-electron chi connectivity index (χ0n) is 12.0. The van der Waals surface area contributed by atoms with Crippen LogP contribution in [-0.2, 0) is 6.54 Å². The minimum Gasteiger partial charge on any atom is -0.370 e. The third-order valence-electron chi connectivity index (χ3n) is 3.46. The number of aromatic nitrogens is 1. The lowest BCUT2D eigenvalue weighted by Crippen LogP contribution is -2.29. The van der Waals surface area contributed by atoms with Gasteiger partial charge in [-0.3, -0.25) is 14.5 Å². The van der Waals surface area contributed by atoms with Crippen LogP contribution in [0.1, 0.15) is 33.3 Å². The number of halogens is 1. The van der Waals surface area contributed by atoms with Crippen LogP contribution in [0.15, 0.2) is 36.4 Å². The Balaban J connectivity index is 1.90. The smallest absolute Gasteiger partial charge is 0.261 e. The fraction of sp³-hybridized carbons (Fsp3) is 0.188. The van der Waals surface area contributed by atoms with Gasteiger partial charge in [-0.05, 0) is 31.2 Å². The molecule has 3 rings (SSSR count). The maximum absolute atomic E-state index is 12.4.